The highest BCUT2D eigenvalue weighted by molar-refractivity contribution is 8.02. The molecule has 10 nitrogen and oxygen atoms in total. The summed E-state index contributed by atoms with van der Waals surface area (Å²) in [4.78, 5) is 49.4. The molecule has 5 N–H and O–H groups in total. The summed E-state index contributed by atoms with van der Waals surface area (Å²) in [5.74, 6) is -2.14. The van der Waals surface area contributed by atoms with Crippen molar-refractivity contribution >= 4 is 41.3 Å². The summed E-state index contributed by atoms with van der Waals surface area (Å²) in [5.41, 5.74) is 6.16. The number of carbonyl (C=O) groups is 4. The summed E-state index contributed by atoms with van der Waals surface area (Å²) in [6.45, 7) is 1.81. The van der Waals surface area contributed by atoms with Crippen LogP contribution < -0.4 is 16.5 Å². The molecule has 0 bridgehead atoms. The summed E-state index contributed by atoms with van der Waals surface area (Å²) < 4.78 is -0.553. The second-order valence-corrected chi connectivity index (χ2v) is 8.66. The number of hydrogen-bond acceptors (Lipinski definition) is 6. The number of amides is 4. The summed E-state index contributed by atoms with van der Waals surface area (Å²) in [7, 11) is 0. The van der Waals surface area contributed by atoms with Crippen LogP contribution in [0.5, 0.6) is 0 Å². The number of nitrogens with one attached hydrogen (secondary N) is 2. The van der Waals surface area contributed by atoms with Crippen molar-refractivity contribution in [2.45, 2.75) is 35.0 Å². The normalized spacial score (nSPS) is 32.7. The number of benzene rings is 1. The van der Waals surface area contributed by atoms with Crippen LogP contribution in [0, 0.1) is 0 Å². The Balaban J connectivity index is 1.54. The van der Waals surface area contributed by atoms with E-state index in [0.29, 0.717) is 12.0 Å². The van der Waals surface area contributed by atoms with Crippen LogP contribution >= 0.6 is 11.8 Å². The van der Waals surface area contributed by atoms with Crippen LogP contribution in [0.2, 0.25) is 0 Å². The van der Waals surface area contributed by atoms with E-state index in [1.54, 1.807) is 30.3 Å². The summed E-state index contributed by atoms with van der Waals surface area (Å²) in [6.07, 6.45) is 0.391. The van der Waals surface area contributed by atoms with E-state index in [4.69, 9.17) is 5.73 Å². The van der Waals surface area contributed by atoms with Gasteiger partial charge in [0.2, 0.25) is 5.91 Å². The SMILES string of the molecule is CC12CC1(C(=O)O)N1C(=O)C(NC(=O)C(=NNC(N)=O)c3ccccc3)[C@H]1S2. The van der Waals surface area contributed by atoms with Crippen LogP contribution in [0.1, 0.15) is 18.9 Å². The van der Waals surface area contributed by atoms with Crippen molar-refractivity contribution in [3.8, 4) is 0 Å². The molecule has 1 aromatic rings. The minimum Gasteiger partial charge on any atom is -0.479 e. The second-order valence-electron chi connectivity index (χ2n) is 7.04. The first-order chi connectivity index (χ1) is 13.2. The van der Waals surface area contributed by atoms with E-state index in [1.165, 1.54) is 16.7 Å². The number of fused-ring (bicyclic) bond motifs is 3. The van der Waals surface area contributed by atoms with Gasteiger partial charge in [-0.1, -0.05) is 30.3 Å². The van der Waals surface area contributed by atoms with Gasteiger partial charge in [0.1, 0.15) is 11.4 Å². The molecule has 3 fully saturated rings. The highest BCUT2D eigenvalue weighted by Gasteiger charge is 2.85. The minimum absolute atomic E-state index is 0.113. The number of carboxylic acids is 1. The Morgan fingerprint density at radius 2 is 2.00 bits per heavy atom. The van der Waals surface area contributed by atoms with E-state index in [2.05, 4.69) is 10.4 Å². The molecule has 3 unspecified atom stereocenters. The number of rotatable bonds is 5. The van der Waals surface area contributed by atoms with E-state index >= 15 is 0 Å². The van der Waals surface area contributed by atoms with Crippen LogP contribution in [0.4, 0.5) is 4.79 Å². The molecule has 4 rings (SSSR count). The number of urea groups is 1. The molecule has 2 heterocycles. The van der Waals surface area contributed by atoms with Crippen LogP contribution in [-0.2, 0) is 14.4 Å². The van der Waals surface area contributed by atoms with Gasteiger partial charge in [-0.05, 0) is 6.92 Å². The maximum atomic E-state index is 12.7. The smallest absolute Gasteiger partial charge is 0.332 e. The molecule has 2 aliphatic heterocycles. The fraction of sp³-hybridized carbons (Fsp3) is 0.353. The van der Waals surface area contributed by atoms with Crippen LogP contribution in [0.25, 0.3) is 0 Å². The predicted octanol–water partition coefficient (Wildman–Crippen LogP) is -0.555. The molecule has 4 amide bonds. The lowest BCUT2D eigenvalue weighted by Crippen LogP contribution is -2.72. The highest BCUT2D eigenvalue weighted by Crippen LogP contribution is 2.71. The van der Waals surface area contributed by atoms with Gasteiger partial charge in [0.25, 0.3) is 5.91 Å². The molecule has 3 aliphatic rings. The summed E-state index contributed by atoms with van der Waals surface area (Å²) >= 11 is 1.38. The number of aliphatic carboxylic acids is 1. The predicted molar refractivity (Wildman–Crippen MR) is 99.2 cm³/mol. The summed E-state index contributed by atoms with van der Waals surface area (Å²) in [6, 6.07) is 6.58. The quantitative estimate of drug-likeness (QED) is 0.294. The lowest BCUT2D eigenvalue weighted by atomic mass is 10.00. The van der Waals surface area contributed by atoms with Crippen molar-refractivity contribution in [3.05, 3.63) is 35.9 Å². The number of carboxylic acid groups (broad SMARTS) is 1. The van der Waals surface area contributed by atoms with Gasteiger partial charge in [0.05, 0.1) is 4.75 Å². The zero-order valence-electron chi connectivity index (χ0n) is 14.7. The topological polar surface area (TPSA) is 154 Å². The molecular weight excluding hydrogens is 386 g/mol. The van der Waals surface area contributed by atoms with Gasteiger partial charge in [-0.2, -0.15) is 5.10 Å². The Kier molecular flexibility index (Phi) is 3.89. The number of β-lactam (4-membered cyclic amide) rings is 1. The van der Waals surface area contributed by atoms with E-state index in [-0.39, 0.29) is 5.71 Å². The molecule has 1 saturated carbocycles. The highest BCUT2D eigenvalue weighted by atomic mass is 32.2. The maximum Gasteiger partial charge on any atom is 0.332 e. The van der Waals surface area contributed by atoms with Crippen molar-refractivity contribution in [1.82, 2.24) is 15.6 Å². The van der Waals surface area contributed by atoms with Gasteiger partial charge in [-0.25, -0.2) is 15.0 Å². The molecule has 4 atom stereocenters. The number of hydrazone groups is 1. The molecule has 2 saturated heterocycles. The van der Waals surface area contributed by atoms with Crippen molar-refractivity contribution < 1.29 is 24.3 Å². The molecule has 28 heavy (non-hydrogen) atoms. The fourth-order valence-electron chi connectivity index (χ4n) is 3.88. The van der Waals surface area contributed by atoms with Crippen molar-refractivity contribution in [2.75, 3.05) is 0 Å². The standard InChI is InChI=1S/C17H17N5O5S/c1-16-7-17(16,14(25)26)22-12(24)10(13(22)28-16)19-11(23)9(20-21-15(18)27)8-5-3-2-4-6-8/h2-6,10,13H,7H2,1H3,(H,19,23)(H,25,26)(H3,18,21,27)/t10?,13-,16?,17?/m1/s1. The van der Waals surface area contributed by atoms with Gasteiger partial charge in [0.15, 0.2) is 11.3 Å². The van der Waals surface area contributed by atoms with E-state index in [0.717, 1.165) is 0 Å². The monoisotopic (exact) mass is 403 g/mol. The van der Waals surface area contributed by atoms with Crippen LogP contribution in [-0.4, -0.2) is 61.2 Å². The minimum atomic E-state index is -1.19. The van der Waals surface area contributed by atoms with Gasteiger partial charge >= 0.3 is 12.0 Å². The number of carbonyl (C=O) groups excluding carboxylic acids is 3. The van der Waals surface area contributed by atoms with Gasteiger partial charge in [0, 0.05) is 12.0 Å². The zero-order chi connectivity index (χ0) is 20.3. The third-order valence-corrected chi connectivity index (χ3v) is 7.09. The third-order valence-electron chi connectivity index (χ3n) is 5.36. The van der Waals surface area contributed by atoms with Crippen molar-refractivity contribution in [1.29, 1.82) is 0 Å². The molecule has 11 heteroatoms. The Morgan fingerprint density at radius 3 is 2.61 bits per heavy atom. The average Bonchev–Trinajstić information content (AvgIpc) is 3.18. The van der Waals surface area contributed by atoms with E-state index in [1.807, 2.05) is 12.3 Å². The molecule has 1 aliphatic carbocycles. The number of primary amides is 1. The maximum absolute atomic E-state index is 12.7. The second kappa shape index (κ2) is 5.96. The Labute approximate surface area is 163 Å². The largest absolute Gasteiger partial charge is 0.479 e. The van der Waals surface area contributed by atoms with Crippen LogP contribution in [0.3, 0.4) is 0 Å². The number of nitrogens with two attached hydrogens (primary N) is 1. The van der Waals surface area contributed by atoms with E-state index in [9.17, 15) is 24.3 Å². The zero-order valence-corrected chi connectivity index (χ0v) is 15.5. The van der Waals surface area contributed by atoms with Crippen molar-refractivity contribution in [2.24, 2.45) is 10.8 Å². The molecule has 1 aromatic carbocycles. The first kappa shape index (κ1) is 18.3. The van der Waals surface area contributed by atoms with Crippen LogP contribution in [0.15, 0.2) is 35.4 Å². The molecule has 0 radical (unpaired) electrons. The molecule has 0 spiro atoms. The lowest BCUT2D eigenvalue weighted by Gasteiger charge is -2.45. The van der Waals surface area contributed by atoms with E-state index < -0.39 is 45.5 Å². The average molecular weight is 403 g/mol. The molecule has 0 aromatic heterocycles. The van der Waals surface area contributed by atoms with Gasteiger partial charge < -0.3 is 21.1 Å². The lowest BCUT2D eigenvalue weighted by molar-refractivity contribution is -0.163. The Bertz CT molecular complexity index is 937. The fourth-order valence-corrected chi connectivity index (χ4v) is 5.80. The van der Waals surface area contributed by atoms with Gasteiger partial charge in [-0.15, -0.1) is 11.8 Å². The third kappa shape index (κ3) is 2.39. The number of thioether (sulfide) groups is 1. The molecule has 146 valence electrons. The molecular formula is C17H17N5O5S. The summed E-state index contributed by atoms with van der Waals surface area (Å²) in [5, 5.41) is 15.5. The number of nitrogens with zero attached hydrogens (tertiary/aromatic N) is 2. The van der Waals surface area contributed by atoms with Crippen molar-refractivity contribution in [3.63, 3.8) is 0 Å². The van der Waals surface area contributed by atoms with Gasteiger partial charge in [-0.3, -0.25) is 9.59 Å². The first-order valence-corrected chi connectivity index (χ1v) is 9.33. The first-order valence-electron chi connectivity index (χ1n) is 8.45. The Hall–Kier alpha value is -3.08. The Morgan fingerprint density at radius 1 is 1.32 bits per heavy atom. The number of hydrogen-bond donors (Lipinski definition) is 4.